The molecule has 0 spiro atoms. The van der Waals surface area contributed by atoms with Gasteiger partial charge in [0.2, 0.25) is 0 Å². The Balaban J connectivity index is 1.49. The monoisotopic (exact) mass is 795 g/mol. The number of rotatable bonds is 10. The van der Waals surface area contributed by atoms with Gasteiger partial charge in [-0.05, 0) is 76.4 Å². The smallest absolute Gasteiger partial charge is 0.338 e. The topological polar surface area (TPSA) is 103 Å². The number of nitriles is 1. The van der Waals surface area contributed by atoms with Crippen LogP contribution >= 0.6 is 33.9 Å². The summed E-state index contributed by atoms with van der Waals surface area (Å²) in [6.45, 7) is 6.38. The van der Waals surface area contributed by atoms with Gasteiger partial charge in [0.25, 0.3) is 5.56 Å². The van der Waals surface area contributed by atoms with Gasteiger partial charge in [0.15, 0.2) is 16.3 Å². The first-order valence-electron chi connectivity index (χ1n) is 16.1. The van der Waals surface area contributed by atoms with Crippen molar-refractivity contribution in [1.29, 1.82) is 5.26 Å². The number of fused-ring (bicyclic) bond motifs is 1. The lowest BCUT2D eigenvalue weighted by atomic mass is 9.91. The molecule has 0 amide bonds. The molecule has 1 aliphatic rings. The highest BCUT2D eigenvalue weighted by Gasteiger charge is 2.35. The van der Waals surface area contributed by atoms with Crippen LogP contribution in [0.25, 0.3) is 11.8 Å². The number of halogens is 1. The molecule has 50 heavy (non-hydrogen) atoms. The lowest BCUT2D eigenvalue weighted by Crippen LogP contribution is -2.40. The van der Waals surface area contributed by atoms with Gasteiger partial charge in [0.05, 0.1) is 50.8 Å². The minimum Gasteiger partial charge on any atom is -0.493 e. The summed E-state index contributed by atoms with van der Waals surface area (Å²) < 4.78 is 20.3. The summed E-state index contributed by atoms with van der Waals surface area (Å²) in [5.74, 6) is 0.825. The molecule has 0 N–H and O–H groups in total. The third-order valence-corrected chi connectivity index (χ3v) is 10.1. The molecule has 1 atom stereocenters. The lowest BCUT2D eigenvalue weighted by Gasteiger charge is -2.26. The Morgan fingerprint density at radius 3 is 2.46 bits per heavy atom. The molecule has 0 radical (unpaired) electrons. The van der Waals surface area contributed by atoms with Gasteiger partial charge < -0.3 is 14.2 Å². The van der Waals surface area contributed by atoms with Crippen LogP contribution in [0.3, 0.4) is 0 Å². The number of thiazole rings is 1. The zero-order valence-electron chi connectivity index (χ0n) is 28.0. The van der Waals surface area contributed by atoms with E-state index < -0.39 is 12.0 Å². The molecule has 0 saturated carbocycles. The minimum atomic E-state index is -0.759. The van der Waals surface area contributed by atoms with Gasteiger partial charge in [-0.3, -0.25) is 9.36 Å². The Bertz CT molecular complexity index is 2320. The Morgan fingerprint density at radius 2 is 1.78 bits per heavy atom. The number of carbonyl (C=O) groups excluding carboxylic acids is 1. The third-order valence-electron chi connectivity index (χ3n) is 8.35. The zero-order valence-corrected chi connectivity index (χ0v) is 30.9. The highest BCUT2D eigenvalue weighted by molar-refractivity contribution is 14.1. The van der Waals surface area contributed by atoms with E-state index in [9.17, 15) is 14.9 Å². The van der Waals surface area contributed by atoms with E-state index in [1.807, 2.05) is 84.9 Å². The maximum absolute atomic E-state index is 14.4. The molecule has 8 nitrogen and oxygen atoms in total. The van der Waals surface area contributed by atoms with Crippen LogP contribution in [0.4, 0.5) is 0 Å². The molecule has 0 unspecified atom stereocenters. The predicted molar refractivity (Wildman–Crippen MR) is 203 cm³/mol. The lowest BCUT2D eigenvalue weighted by molar-refractivity contribution is -0.138. The van der Waals surface area contributed by atoms with E-state index >= 15 is 0 Å². The minimum absolute atomic E-state index is 0.179. The second kappa shape index (κ2) is 15.3. The molecule has 0 saturated heterocycles. The standard InChI is InChI=1S/C40H34IN3O5S/c1-5-48-39(46)34-35(27-11-7-6-8-12-27)43-40-44(36(34)28-17-15-26(16-18-28)24(2)3)38(45)33(50-40)21-25-19-31(41)37(32(20-25)47-4)49-23-30-14-10-9-13-29(30)22-42/h6-21,24,36H,5,23H2,1-4H3/b33-21-/t36-/m1/s1. The van der Waals surface area contributed by atoms with Crippen molar-refractivity contribution in [1.82, 2.24) is 4.57 Å². The molecule has 252 valence electrons. The fraction of sp³-hybridized carbons (Fsp3) is 0.200. The highest BCUT2D eigenvalue weighted by atomic mass is 127. The Hall–Kier alpha value is -4.99. The fourth-order valence-corrected chi connectivity index (χ4v) is 7.62. The fourth-order valence-electron chi connectivity index (χ4n) is 5.84. The van der Waals surface area contributed by atoms with Crippen molar-refractivity contribution in [2.24, 2.45) is 4.99 Å². The van der Waals surface area contributed by atoms with Crippen LogP contribution in [-0.2, 0) is 16.1 Å². The van der Waals surface area contributed by atoms with E-state index in [2.05, 4.69) is 42.5 Å². The number of hydrogen-bond donors (Lipinski definition) is 0. The average Bonchev–Trinajstić information content (AvgIpc) is 3.44. The zero-order chi connectivity index (χ0) is 35.4. The van der Waals surface area contributed by atoms with Gasteiger partial charge >= 0.3 is 5.97 Å². The van der Waals surface area contributed by atoms with E-state index in [0.717, 1.165) is 31.4 Å². The molecular weight excluding hydrogens is 761 g/mol. The third kappa shape index (κ3) is 7.02. The summed E-state index contributed by atoms with van der Waals surface area (Å²) in [6, 6.07) is 30.0. The summed E-state index contributed by atoms with van der Waals surface area (Å²) in [4.78, 5) is 33.6. The number of benzene rings is 4. The Morgan fingerprint density at radius 1 is 1.06 bits per heavy atom. The van der Waals surface area contributed by atoms with Gasteiger partial charge in [0.1, 0.15) is 6.61 Å². The van der Waals surface area contributed by atoms with Crippen molar-refractivity contribution >= 4 is 51.7 Å². The summed E-state index contributed by atoms with van der Waals surface area (Å²) in [5, 5.41) is 9.49. The van der Waals surface area contributed by atoms with Gasteiger partial charge in [-0.25, -0.2) is 9.79 Å². The van der Waals surface area contributed by atoms with E-state index in [4.69, 9.17) is 19.2 Å². The number of esters is 1. The highest BCUT2D eigenvalue weighted by Crippen LogP contribution is 2.37. The molecule has 10 heteroatoms. The normalized spacial score (nSPS) is 14.2. The van der Waals surface area contributed by atoms with Gasteiger partial charge in [-0.1, -0.05) is 98.0 Å². The van der Waals surface area contributed by atoms with E-state index in [-0.39, 0.29) is 18.8 Å². The van der Waals surface area contributed by atoms with E-state index in [1.165, 1.54) is 11.3 Å². The molecule has 6 rings (SSSR count). The molecule has 5 aromatic rings. The SMILES string of the molecule is CCOC(=O)C1=C(c2ccccc2)N=c2s/c(=C\c3cc(I)c(OCc4ccccc4C#N)c(OC)c3)c(=O)n2[C@@H]1c1ccc(C(C)C)cc1. The van der Waals surface area contributed by atoms with Crippen molar-refractivity contribution in [2.75, 3.05) is 13.7 Å². The molecule has 1 aromatic heterocycles. The number of nitrogens with zero attached hydrogens (tertiary/aromatic N) is 3. The summed E-state index contributed by atoms with van der Waals surface area (Å²) >= 11 is 3.44. The van der Waals surface area contributed by atoms with Gasteiger partial charge in [-0.2, -0.15) is 5.26 Å². The van der Waals surface area contributed by atoms with Crippen LogP contribution in [-0.4, -0.2) is 24.3 Å². The number of methoxy groups -OCH3 is 1. The van der Waals surface area contributed by atoms with Crippen LogP contribution in [0.1, 0.15) is 66.1 Å². The molecular formula is C40H34IN3O5S. The number of hydrogen-bond acceptors (Lipinski definition) is 8. The van der Waals surface area contributed by atoms with Crippen LogP contribution in [0.2, 0.25) is 0 Å². The largest absolute Gasteiger partial charge is 0.493 e. The van der Waals surface area contributed by atoms with Crippen molar-refractivity contribution in [3.05, 3.63) is 153 Å². The van der Waals surface area contributed by atoms with Crippen LogP contribution in [0.5, 0.6) is 11.5 Å². The predicted octanol–water partition coefficient (Wildman–Crippen LogP) is 7.12. The maximum atomic E-state index is 14.4. The van der Waals surface area contributed by atoms with Gasteiger partial charge in [0, 0.05) is 11.1 Å². The second-order valence-corrected chi connectivity index (χ2v) is 14.0. The van der Waals surface area contributed by atoms with Crippen molar-refractivity contribution < 1.29 is 19.0 Å². The van der Waals surface area contributed by atoms with Crippen LogP contribution in [0.15, 0.2) is 106 Å². The number of aromatic nitrogens is 1. The average molecular weight is 796 g/mol. The number of ether oxygens (including phenoxy) is 3. The van der Waals surface area contributed by atoms with Crippen molar-refractivity contribution in [3.8, 4) is 17.6 Å². The first kappa shape index (κ1) is 34.9. The molecule has 1 aliphatic heterocycles. The Labute approximate surface area is 307 Å². The van der Waals surface area contributed by atoms with Gasteiger partial charge in [-0.15, -0.1) is 0 Å². The van der Waals surface area contributed by atoms with Crippen molar-refractivity contribution in [2.45, 2.75) is 39.3 Å². The summed E-state index contributed by atoms with van der Waals surface area (Å²) in [5.41, 5.74) is 5.24. The van der Waals surface area contributed by atoms with Crippen molar-refractivity contribution in [3.63, 3.8) is 0 Å². The quantitative estimate of drug-likeness (QED) is 0.110. The van der Waals surface area contributed by atoms with Crippen LogP contribution in [0, 0.1) is 14.9 Å². The Kier molecular flexibility index (Phi) is 10.6. The maximum Gasteiger partial charge on any atom is 0.338 e. The molecule has 4 aromatic carbocycles. The molecule has 0 bridgehead atoms. The molecule has 0 aliphatic carbocycles. The molecule has 0 fully saturated rings. The second-order valence-electron chi connectivity index (χ2n) is 11.8. The van der Waals surface area contributed by atoms with E-state index in [1.54, 1.807) is 30.7 Å². The first-order chi connectivity index (χ1) is 24.2. The summed E-state index contributed by atoms with van der Waals surface area (Å²) in [6.07, 6.45) is 1.80. The van der Waals surface area contributed by atoms with E-state index in [0.29, 0.717) is 43.6 Å². The number of carbonyl (C=O) groups is 1. The first-order valence-corrected chi connectivity index (χ1v) is 18.0. The molecule has 2 heterocycles. The van der Waals surface area contributed by atoms with Crippen LogP contribution < -0.4 is 24.4 Å². The summed E-state index contributed by atoms with van der Waals surface area (Å²) in [7, 11) is 1.56.